The summed E-state index contributed by atoms with van der Waals surface area (Å²) in [6, 6.07) is 1.91. The van der Waals surface area contributed by atoms with Gasteiger partial charge in [0.15, 0.2) is 0 Å². The van der Waals surface area contributed by atoms with Crippen molar-refractivity contribution in [1.82, 2.24) is 0 Å². The van der Waals surface area contributed by atoms with E-state index in [0.717, 1.165) is 18.8 Å². The lowest BCUT2D eigenvalue weighted by Gasteiger charge is -1.86. The van der Waals surface area contributed by atoms with Crippen molar-refractivity contribution in [3.63, 3.8) is 0 Å². The molecule has 0 radical (unpaired) electrons. The highest BCUT2D eigenvalue weighted by atomic mass is 16.5. The molecule has 0 unspecified atom stereocenters. The Morgan fingerprint density at radius 2 is 1.82 bits per heavy atom. The minimum absolute atomic E-state index is 0.844. The fourth-order valence-electron chi connectivity index (χ4n) is 0.333. The van der Waals surface area contributed by atoms with Crippen LogP contribution in [0.1, 0.15) is 27.7 Å². The summed E-state index contributed by atoms with van der Waals surface area (Å²) < 4.78 is 4.83. The Hall–Kier alpha value is -0.810. The van der Waals surface area contributed by atoms with Crippen molar-refractivity contribution in [3.05, 3.63) is 11.6 Å². The van der Waals surface area contributed by atoms with Crippen LogP contribution >= 0.6 is 0 Å². The molecule has 0 aliphatic carbocycles. The second-order valence-electron chi connectivity index (χ2n) is 2.13. The number of hydrogen-bond acceptors (Lipinski definition) is 2. The van der Waals surface area contributed by atoms with E-state index in [1.807, 2.05) is 33.8 Å². The van der Waals surface area contributed by atoms with E-state index in [1.54, 1.807) is 0 Å². The van der Waals surface area contributed by atoms with Gasteiger partial charge in [-0.3, -0.25) is 0 Å². The van der Waals surface area contributed by atoms with Crippen LogP contribution in [0.15, 0.2) is 11.6 Å². The fourth-order valence-corrected chi connectivity index (χ4v) is 0.333. The molecule has 0 spiro atoms. The van der Waals surface area contributed by atoms with Crippen LogP contribution < -0.4 is 0 Å². The Bertz CT molecular complexity index is 127. The number of hydrogen-bond donors (Lipinski definition) is 0. The van der Waals surface area contributed by atoms with Gasteiger partial charge in [0, 0.05) is 19.3 Å². The Balaban J connectivity index is 0. The van der Waals surface area contributed by atoms with Crippen LogP contribution in [-0.2, 0) is 4.74 Å². The van der Waals surface area contributed by atoms with E-state index in [1.165, 1.54) is 6.08 Å². The van der Waals surface area contributed by atoms with Crippen LogP contribution in [0.4, 0.5) is 0 Å². The Labute approximate surface area is 69.5 Å². The van der Waals surface area contributed by atoms with Crippen molar-refractivity contribution < 1.29 is 4.74 Å². The number of rotatable bonds is 2. The van der Waals surface area contributed by atoms with Gasteiger partial charge in [-0.1, -0.05) is 5.57 Å². The molecular weight excluding hydrogens is 138 g/mol. The molecule has 2 nitrogen and oxygen atoms in total. The van der Waals surface area contributed by atoms with Crippen molar-refractivity contribution in [3.8, 4) is 6.07 Å². The van der Waals surface area contributed by atoms with Crippen molar-refractivity contribution in [2.24, 2.45) is 0 Å². The van der Waals surface area contributed by atoms with Crippen LogP contribution in [0.2, 0.25) is 0 Å². The number of nitriles is 1. The highest BCUT2D eigenvalue weighted by Gasteiger charge is 1.66. The van der Waals surface area contributed by atoms with Crippen LogP contribution in [0.25, 0.3) is 0 Å². The van der Waals surface area contributed by atoms with E-state index in [0.29, 0.717) is 0 Å². The summed E-state index contributed by atoms with van der Waals surface area (Å²) in [5.41, 5.74) is 1.05. The summed E-state index contributed by atoms with van der Waals surface area (Å²) in [4.78, 5) is 0. The maximum Gasteiger partial charge on any atom is 0.0911 e. The molecule has 11 heavy (non-hydrogen) atoms. The molecule has 0 saturated carbocycles. The first-order valence-corrected chi connectivity index (χ1v) is 3.79. The molecule has 0 rings (SSSR count). The zero-order valence-electron chi connectivity index (χ0n) is 7.85. The molecule has 0 aliphatic heterocycles. The Morgan fingerprint density at radius 1 is 1.36 bits per heavy atom. The Morgan fingerprint density at radius 3 is 1.82 bits per heavy atom. The molecule has 0 bridgehead atoms. The van der Waals surface area contributed by atoms with Gasteiger partial charge in [-0.15, -0.1) is 0 Å². The van der Waals surface area contributed by atoms with Gasteiger partial charge in [-0.25, -0.2) is 0 Å². The quantitative estimate of drug-likeness (QED) is 0.574. The van der Waals surface area contributed by atoms with Gasteiger partial charge in [0.05, 0.1) is 6.07 Å². The molecule has 0 N–H and O–H groups in total. The first kappa shape index (κ1) is 12.8. The average molecular weight is 155 g/mol. The summed E-state index contributed by atoms with van der Waals surface area (Å²) in [5.74, 6) is 0. The molecule has 0 amide bonds. The number of nitrogens with zero attached hydrogens (tertiary/aromatic N) is 1. The SMILES string of the molecule is CC(C)=CC#N.CCOCC. The lowest BCUT2D eigenvalue weighted by Crippen LogP contribution is -1.84. The third-order valence-electron chi connectivity index (χ3n) is 0.761. The zero-order valence-corrected chi connectivity index (χ0v) is 7.85. The predicted octanol–water partition coefficient (Wildman–Crippen LogP) is 2.52. The predicted molar refractivity (Wildman–Crippen MR) is 47.2 cm³/mol. The molecule has 0 heterocycles. The topological polar surface area (TPSA) is 33.0 Å². The van der Waals surface area contributed by atoms with Crippen molar-refractivity contribution in [2.75, 3.05) is 13.2 Å². The molecule has 0 aromatic rings. The highest BCUT2D eigenvalue weighted by Crippen LogP contribution is 1.82. The van der Waals surface area contributed by atoms with Crippen LogP contribution in [0.3, 0.4) is 0 Å². The highest BCUT2D eigenvalue weighted by molar-refractivity contribution is 5.08. The van der Waals surface area contributed by atoms with Crippen molar-refractivity contribution in [2.45, 2.75) is 27.7 Å². The molecule has 0 atom stereocenters. The lowest BCUT2D eigenvalue weighted by molar-refractivity contribution is 0.162. The lowest BCUT2D eigenvalue weighted by atomic mass is 10.3. The minimum atomic E-state index is 0.844. The summed E-state index contributed by atoms with van der Waals surface area (Å²) >= 11 is 0. The number of ether oxygens (including phenoxy) is 1. The summed E-state index contributed by atoms with van der Waals surface area (Å²) in [5, 5.41) is 7.91. The zero-order chi connectivity index (χ0) is 9.11. The third-order valence-corrected chi connectivity index (χ3v) is 0.761. The van der Waals surface area contributed by atoms with Gasteiger partial charge in [0.1, 0.15) is 0 Å². The van der Waals surface area contributed by atoms with Gasteiger partial charge < -0.3 is 4.74 Å². The van der Waals surface area contributed by atoms with Crippen molar-refractivity contribution >= 4 is 0 Å². The fraction of sp³-hybridized carbons (Fsp3) is 0.667. The number of allylic oxidation sites excluding steroid dienone is 2. The molecule has 0 saturated heterocycles. The van der Waals surface area contributed by atoms with Crippen LogP contribution in [0.5, 0.6) is 0 Å². The molecule has 64 valence electrons. The molecule has 2 heteroatoms. The second-order valence-corrected chi connectivity index (χ2v) is 2.13. The maximum absolute atomic E-state index is 7.91. The van der Waals surface area contributed by atoms with Gasteiger partial charge in [0.2, 0.25) is 0 Å². The second kappa shape index (κ2) is 11.9. The smallest absolute Gasteiger partial charge is 0.0911 e. The first-order valence-electron chi connectivity index (χ1n) is 3.79. The standard InChI is InChI=1S/C5H7N.C4H10O/c1-5(2)3-4-6;1-3-5-4-2/h3H,1-2H3;3-4H2,1-2H3. The Kier molecular flexibility index (Phi) is 13.9. The van der Waals surface area contributed by atoms with Crippen LogP contribution in [0, 0.1) is 11.3 Å². The monoisotopic (exact) mass is 155 g/mol. The van der Waals surface area contributed by atoms with E-state index in [9.17, 15) is 0 Å². The van der Waals surface area contributed by atoms with E-state index >= 15 is 0 Å². The summed E-state index contributed by atoms with van der Waals surface area (Å²) in [6.45, 7) is 9.45. The minimum Gasteiger partial charge on any atom is -0.382 e. The van der Waals surface area contributed by atoms with Gasteiger partial charge in [0.25, 0.3) is 0 Å². The van der Waals surface area contributed by atoms with E-state index in [4.69, 9.17) is 10.00 Å². The molecule has 0 aliphatic rings. The molecule has 0 aromatic carbocycles. The third kappa shape index (κ3) is 27.1. The van der Waals surface area contributed by atoms with E-state index in [2.05, 4.69) is 0 Å². The maximum atomic E-state index is 7.91. The van der Waals surface area contributed by atoms with E-state index < -0.39 is 0 Å². The summed E-state index contributed by atoms with van der Waals surface area (Å²) in [6.07, 6.45) is 1.51. The molecule has 0 aromatic heterocycles. The van der Waals surface area contributed by atoms with Gasteiger partial charge in [-0.05, 0) is 27.7 Å². The van der Waals surface area contributed by atoms with Gasteiger partial charge in [-0.2, -0.15) is 5.26 Å². The molecule has 0 fully saturated rings. The average Bonchev–Trinajstić information content (AvgIpc) is 1.90. The van der Waals surface area contributed by atoms with Crippen LogP contribution in [-0.4, -0.2) is 13.2 Å². The normalized spacial score (nSPS) is 7.18. The first-order chi connectivity index (χ1) is 5.18. The van der Waals surface area contributed by atoms with E-state index in [-0.39, 0.29) is 0 Å². The molecular formula is C9H17NO. The van der Waals surface area contributed by atoms with Crippen molar-refractivity contribution in [1.29, 1.82) is 5.26 Å². The van der Waals surface area contributed by atoms with Gasteiger partial charge >= 0.3 is 0 Å². The summed E-state index contributed by atoms with van der Waals surface area (Å²) in [7, 11) is 0. The largest absolute Gasteiger partial charge is 0.382 e.